The monoisotopic (exact) mass is 506 g/mol. The van der Waals surface area contributed by atoms with Crippen molar-refractivity contribution < 1.29 is 18.0 Å². The number of rotatable bonds is 7. The second-order valence-electron chi connectivity index (χ2n) is 10.0. The normalized spacial score (nSPS) is 16.9. The minimum absolute atomic E-state index is 0.134. The SMILES string of the molecule is CN(c1ccncc1)c1ccc(CN(C(=O)/C=C/c2ccc(C(F)(F)F)cc2)C2CC3(CNC3)C2)cc1. The number of pyridine rings is 1. The largest absolute Gasteiger partial charge is 0.416 e. The number of nitrogens with zero attached hydrogens (tertiary/aromatic N) is 3. The molecule has 1 aliphatic heterocycles. The molecule has 2 aliphatic rings. The Morgan fingerprint density at radius 3 is 2.19 bits per heavy atom. The highest BCUT2D eigenvalue weighted by Gasteiger charge is 2.50. The Morgan fingerprint density at radius 2 is 1.62 bits per heavy atom. The molecule has 0 atom stereocenters. The van der Waals surface area contributed by atoms with Crippen LogP contribution in [0.5, 0.6) is 0 Å². The molecular formula is C29H29F3N4O. The van der Waals surface area contributed by atoms with Crippen LogP contribution in [-0.2, 0) is 17.5 Å². The summed E-state index contributed by atoms with van der Waals surface area (Å²) in [4.78, 5) is 21.3. The number of alkyl halides is 3. The smallest absolute Gasteiger partial charge is 0.345 e. The van der Waals surface area contributed by atoms with E-state index < -0.39 is 11.7 Å². The molecule has 2 fully saturated rings. The minimum Gasteiger partial charge on any atom is -0.345 e. The van der Waals surface area contributed by atoms with Gasteiger partial charge in [-0.25, -0.2) is 0 Å². The molecule has 1 spiro atoms. The Hall–Kier alpha value is -3.65. The first-order valence-corrected chi connectivity index (χ1v) is 12.3. The molecule has 1 aromatic heterocycles. The van der Waals surface area contributed by atoms with E-state index in [1.807, 2.05) is 48.3 Å². The molecule has 1 aliphatic carbocycles. The highest BCUT2D eigenvalue weighted by atomic mass is 19.4. The molecular weight excluding hydrogens is 477 g/mol. The van der Waals surface area contributed by atoms with Crippen molar-refractivity contribution in [2.75, 3.05) is 25.0 Å². The van der Waals surface area contributed by atoms with Crippen molar-refractivity contribution in [3.63, 3.8) is 0 Å². The van der Waals surface area contributed by atoms with Gasteiger partial charge in [-0.3, -0.25) is 9.78 Å². The fourth-order valence-electron chi connectivity index (χ4n) is 5.10. The summed E-state index contributed by atoms with van der Waals surface area (Å²) in [7, 11) is 1.99. The van der Waals surface area contributed by atoms with E-state index in [4.69, 9.17) is 0 Å². The van der Waals surface area contributed by atoms with E-state index in [9.17, 15) is 18.0 Å². The number of amides is 1. The first kappa shape index (κ1) is 25.0. The minimum atomic E-state index is -4.38. The standard InChI is InChI=1S/C29H29F3N4O/c1-35(25-12-14-33-15-13-25)24-9-4-22(5-10-24)18-36(26-16-28(17-26)19-34-20-28)27(37)11-6-21-2-7-23(8-3-21)29(30,31)32/h2-15,26,34H,16-20H2,1H3/b11-6+. The van der Waals surface area contributed by atoms with Crippen LogP contribution in [0.3, 0.4) is 0 Å². The van der Waals surface area contributed by atoms with Crippen molar-refractivity contribution in [1.82, 2.24) is 15.2 Å². The fraction of sp³-hybridized carbons (Fsp3) is 0.310. The Balaban J connectivity index is 1.29. The van der Waals surface area contributed by atoms with Crippen molar-refractivity contribution in [2.45, 2.75) is 31.6 Å². The maximum absolute atomic E-state index is 13.3. The summed E-state index contributed by atoms with van der Waals surface area (Å²) >= 11 is 0. The number of carbonyl (C=O) groups is 1. The zero-order valence-electron chi connectivity index (χ0n) is 20.6. The van der Waals surface area contributed by atoms with E-state index in [-0.39, 0.29) is 11.9 Å². The van der Waals surface area contributed by atoms with Gasteiger partial charge in [0, 0.05) is 62.6 Å². The third-order valence-corrected chi connectivity index (χ3v) is 7.44. The summed E-state index contributed by atoms with van der Waals surface area (Å²) in [5.41, 5.74) is 3.23. The number of nitrogens with one attached hydrogen (secondary N) is 1. The van der Waals surface area contributed by atoms with Crippen LogP contribution < -0.4 is 10.2 Å². The third kappa shape index (κ3) is 5.54. The average molecular weight is 507 g/mol. The van der Waals surface area contributed by atoms with Crippen molar-refractivity contribution in [1.29, 1.82) is 0 Å². The summed E-state index contributed by atoms with van der Waals surface area (Å²) in [5.74, 6) is -0.134. The molecule has 0 unspecified atom stereocenters. The highest BCUT2D eigenvalue weighted by molar-refractivity contribution is 5.92. The lowest BCUT2D eigenvalue weighted by Crippen LogP contribution is -2.65. The van der Waals surface area contributed by atoms with Crippen molar-refractivity contribution in [3.05, 3.63) is 95.8 Å². The highest BCUT2D eigenvalue weighted by Crippen LogP contribution is 2.47. The first-order valence-electron chi connectivity index (χ1n) is 12.3. The van der Waals surface area contributed by atoms with Gasteiger partial charge in [-0.15, -0.1) is 0 Å². The van der Waals surface area contributed by atoms with Crippen LogP contribution in [0.25, 0.3) is 6.08 Å². The zero-order chi connectivity index (χ0) is 26.0. The topological polar surface area (TPSA) is 48.5 Å². The number of halogens is 3. The van der Waals surface area contributed by atoms with Gasteiger partial charge < -0.3 is 15.1 Å². The van der Waals surface area contributed by atoms with Gasteiger partial charge in [0.05, 0.1) is 5.56 Å². The number of benzene rings is 2. The number of hydrogen-bond acceptors (Lipinski definition) is 4. The van der Waals surface area contributed by atoms with E-state index in [2.05, 4.69) is 15.2 Å². The number of anilines is 2. The van der Waals surface area contributed by atoms with E-state index in [0.29, 0.717) is 17.5 Å². The van der Waals surface area contributed by atoms with Crippen LogP contribution in [0.1, 0.15) is 29.5 Å². The predicted octanol–water partition coefficient (Wildman–Crippen LogP) is 5.66. The van der Waals surface area contributed by atoms with Gasteiger partial charge in [0.15, 0.2) is 0 Å². The molecule has 3 aromatic rings. The van der Waals surface area contributed by atoms with Gasteiger partial charge in [-0.2, -0.15) is 13.2 Å². The molecule has 1 N–H and O–H groups in total. The van der Waals surface area contributed by atoms with Gasteiger partial charge in [0.1, 0.15) is 0 Å². The lowest BCUT2D eigenvalue weighted by Gasteiger charge is -2.57. The average Bonchev–Trinajstić information content (AvgIpc) is 2.85. The Bertz CT molecular complexity index is 1250. The van der Waals surface area contributed by atoms with Crippen LogP contribution in [0.4, 0.5) is 24.5 Å². The molecule has 2 heterocycles. The van der Waals surface area contributed by atoms with Crippen molar-refractivity contribution >= 4 is 23.4 Å². The van der Waals surface area contributed by atoms with Crippen LogP contribution in [0, 0.1) is 5.41 Å². The summed E-state index contributed by atoms with van der Waals surface area (Å²) in [6.07, 6.45) is 4.11. The fourth-order valence-corrected chi connectivity index (χ4v) is 5.10. The van der Waals surface area contributed by atoms with E-state index in [0.717, 1.165) is 55.0 Å². The molecule has 8 heteroatoms. The molecule has 0 radical (unpaired) electrons. The van der Waals surface area contributed by atoms with Crippen LogP contribution in [0.15, 0.2) is 79.1 Å². The number of carbonyl (C=O) groups excluding carboxylic acids is 1. The molecule has 1 amide bonds. The summed E-state index contributed by atoms with van der Waals surface area (Å²) in [6.45, 7) is 2.45. The lowest BCUT2D eigenvalue weighted by atomic mass is 9.61. The second kappa shape index (κ2) is 10.0. The molecule has 1 saturated heterocycles. The number of hydrogen-bond donors (Lipinski definition) is 1. The maximum Gasteiger partial charge on any atom is 0.416 e. The molecule has 5 rings (SSSR count). The quantitative estimate of drug-likeness (QED) is 0.420. The van der Waals surface area contributed by atoms with Gasteiger partial charge in [0.25, 0.3) is 0 Å². The molecule has 0 bridgehead atoms. The summed E-state index contributed by atoms with van der Waals surface area (Å²) < 4.78 is 38.5. The van der Waals surface area contributed by atoms with E-state index in [1.54, 1.807) is 18.5 Å². The molecule has 1 saturated carbocycles. The molecule has 192 valence electrons. The van der Waals surface area contributed by atoms with Crippen molar-refractivity contribution in [3.8, 4) is 0 Å². The molecule has 37 heavy (non-hydrogen) atoms. The Morgan fingerprint density at radius 1 is 1.00 bits per heavy atom. The van der Waals surface area contributed by atoms with Gasteiger partial charge in [-0.05, 0) is 71.9 Å². The summed E-state index contributed by atoms with van der Waals surface area (Å²) in [5, 5.41) is 3.33. The first-order chi connectivity index (χ1) is 17.7. The summed E-state index contributed by atoms with van der Waals surface area (Å²) in [6, 6.07) is 17.0. The van der Waals surface area contributed by atoms with Gasteiger partial charge >= 0.3 is 6.18 Å². The van der Waals surface area contributed by atoms with Crippen LogP contribution in [0.2, 0.25) is 0 Å². The predicted molar refractivity (Wildman–Crippen MR) is 138 cm³/mol. The molecule has 2 aromatic carbocycles. The van der Waals surface area contributed by atoms with E-state index >= 15 is 0 Å². The zero-order valence-corrected chi connectivity index (χ0v) is 20.6. The maximum atomic E-state index is 13.3. The van der Waals surface area contributed by atoms with E-state index in [1.165, 1.54) is 18.2 Å². The molecule has 5 nitrogen and oxygen atoms in total. The van der Waals surface area contributed by atoms with Crippen molar-refractivity contribution in [2.24, 2.45) is 5.41 Å². The van der Waals surface area contributed by atoms with Crippen LogP contribution in [-0.4, -0.2) is 42.0 Å². The Kier molecular flexibility index (Phi) is 6.77. The number of aromatic nitrogens is 1. The Labute approximate surface area is 214 Å². The lowest BCUT2D eigenvalue weighted by molar-refractivity contribution is -0.138. The van der Waals surface area contributed by atoms with Gasteiger partial charge in [0.2, 0.25) is 5.91 Å². The third-order valence-electron chi connectivity index (χ3n) is 7.44. The van der Waals surface area contributed by atoms with Crippen LogP contribution >= 0.6 is 0 Å². The van der Waals surface area contributed by atoms with Gasteiger partial charge in [-0.1, -0.05) is 24.3 Å². The second-order valence-corrected chi connectivity index (χ2v) is 10.0.